The largest absolute Gasteiger partial charge is 1.00 e. The van der Waals surface area contributed by atoms with E-state index in [-0.39, 0.29) is 183 Å². The number of carbonyl (C=O) groups excluding carboxylic acids is 3. The van der Waals surface area contributed by atoms with Crippen molar-refractivity contribution >= 4 is 59.9 Å². The van der Waals surface area contributed by atoms with Gasteiger partial charge in [0.1, 0.15) is 29.0 Å². The summed E-state index contributed by atoms with van der Waals surface area (Å²) < 4.78 is 170. The van der Waals surface area contributed by atoms with E-state index in [1.165, 1.54) is 24.5 Å². The van der Waals surface area contributed by atoms with E-state index in [4.69, 9.17) is 56.6 Å². The van der Waals surface area contributed by atoms with Gasteiger partial charge in [-0.2, -0.15) is 0 Å². The summed E-state index contributed by atoms with van der Waals surface area (Å²) in [6.07, 6.45) is 6.83. The van der Waals surface area contributed by atoms with Gasteiger partial charge in [0.15, 0.2) is 6.54 Å². The van der Waals surface area contributed by atoms with Crippen LogP contribution in [0, 0.1) is 0 Å². The predicted octanol–water partition coefficient (Wildman–Crippen LogP) is -4.20. The Bertz CT molecular complexity index is 3020. The molecule has 4 aliphatic rings. The van der Waals surface area contributed by atoms with Crippen molar-refractivity contribution in [2.24, 2.45) is 0 Å². The van der Waals surface area contributed by atoms with Crippen LogP contribution in [-0.4, -0.2) is 226 Å². The Morgan fingerprint density at radius 3 is 1.70 bits per heavy atom. The summed E-state index contributed by atoms with van der Waals surface area (Å²) in [6, 6.07) is 11.2. The normalized spacial score (nSPS) is 16.3. The Labute approximate surface area is 553 Å². The minimum absolute atomic E-state index is 0. The van der Waals surface area contributed by atoms with Gasteiger partial charge in [-0.1, -0.05) is 12.2 Å². The average molecular weight is 1310 g/mol. The fraction of sp³-hybridized carbons (Fsp3) is 0.600. The monoisotopic (exact) mass is 1310 g/mol. The molecule has 87 heavy (non-hydrogen) atoms. The molecule has 3 heterocycles. The molecule has 1 aromatic carbocycles. The van der Waals surface area contributed by atoms with Gasteiger partial charge in [0.25, 0.3) is 11.8 Å². The van der Waals surface area contributed by atoms with E-state index in [1.54, 1.807) is 38.3 Å². The zero-order valence-corrected chi connectivity index (χ0v) is 56.4. The van der Waals surface area contributed by atoms with Crippen molar-refractivity contribution in [3.8, 4) is 11.3 Å². The van der Waals surface area contributed by atoms with Crippen LogP contribution < -0.4 is 73.9 Å². The quantitative estimate of drug-likeness (QED) is 0.0170. The molecule has 1 aromatic rings. The number of anilines is 1. The summed E-state index contributed by atoms with van der Waals surface area (Å²) in [7, 11) is -12.4. The molecule has 1 fully saturated rings. The Morgan fingerprint density at radius 1 is 0.644 bits per heavy atom. The van der Waals surface area contributed by atoms with Gasteiger partial charge in [-0.25, -0.2) is 34.6 Å². The second kappa shape index (κ2) is 41.4. The number of hydroxylamine groups is 2. The van der Waals surface area contributed by atoms with E-state index in [9.17, 15) is 53.3 Å². The maximum absolute atomic E-state index is 12.3. The summed E-state index contributed by atoms with van der Waals surface area (Å²) in [5, 5.41) is 1.16. The Morgan fingerprint density at radius 2 is 1.16 bits per heavy atom. The van der Waals surface area contributed by atoms with E-state index in [2.05, 4.69) is 0 Å². The van der Waals surface area contributed by atoms with E-state index in [1.807, 2.05) is 27.7 Å². The fourth-order valence-corrected chi connectivity index (χ4v) is 10.5. The van der Waals surface area contributed by atoms with Crippen LogP contribution in [0.3, 0.4) is 0 Å². The zero-order chi connectivity index (χ0) is 61.6. The second-order valence-corrected chi connectivity index (χ2v) is 23.8. The number of carbonyl (C=O) groups is 3. The number of rotatable bonds is 45. The molecule has 0 radical (unpaired) electrons. The van der Waals surface area contributed by atoms with Gasteiger partial charge in [-0.15, -0.1) is 5.06 Å². The molecule has 0 N–H and O–H groups in total. The van der Waals surface area contributed by atoms with Crippen molar-refractivity contribution in [1.82, 2.24) is 9.64 Å². The molecule has 27 nitrogen and oxygen atoms in total. The predicted molar refractivity (Wildman–Crippen MR) is 301 cm³/mol. The van der Waals surface area contributed by atoms with Crippen LogP contribution in [0.5, 0.6) is 0 Å². The van der Waals surface area contributed by atoms with Crippen LogP contribution in [0.2, 0.25) is 0 Å². The number of methoxy groups -OCH3 is 1. The third-order valence-corrected chi connectivity index (χ3v) is 15.6. The van der Waals surface area contributed by atoms with Gasteiger partial charge >= 0.3 is 65.1 Å². The molecule has 5 rings (SSSR count). The molecule has 476 valence electrons. The first-order chi connectivity index (χ1) is 40.7. The maximum Gasteiger partial charge on any atom is 1.00 e. The van der Waals surface area contributed by atoms with Crippen molar-refractivity contribution < 1.29 is 169 Å². The number of imide groups is 1. The fourth-order valence-electron chi connectivity index (χ4n) is 8.98. The SMILES string of the molecule is COCCOCCOCCOCCOCC[N+](CCCS(=O)(=O)[O-])=c1ccc2c(/C=C/C=C3/N(CCOCCOCCOCCOCCOCCC(=O)ON4C(=O)CCC4=O)c4ccc(S(=O)(=O)[O-])cc4C3(C)CCCS(=O)(=O)[O-])ccoc-2c1.[Na+].[Na+]. The maximum atomic E-state index is 12.3. The number of hydrogen-bond acceptors (Lipinski definition) is 25. The summed E-state index contributed by atoms with van der Waals surface area (Å²) in [5.74, 6) is -2.62. The van der Waals surface area contributed by atoms with Gasteiger partial charge < -0.3 is 75.2 Å². The third kappa shape index (κ3) is 28.9. The number of benzene rings is 2. The standard InChI is InChI=1S/C55H79N3O24S3.2Na/c1-55(16-4-40-83(62,63)64)48-43-46(85(68,69)70)9-11-49(48)57(19-23-74-28-31-78-36-39-80-37-34-76-29-26-72-20-15-54(61)82-58-52(59)12-13-53(58)60)51(55)7-3-6-44-14-21-81-50-42-45(8-10-47(44)50)56(17-5-41-84(65,66)67)18-22-73-27-30-77-35-38-79-33-32-75-25-24-71-2;;/h3,6-11,14,21,42-43H,4-5,12-13,15-20,22-41H2,1-2H3,(H2-,62,63,64,65,66,67,68,69,70);;/q;2*+1/p-2. The summed E-state index contributed by atoms with van der Waals surface area (Å²) in [4.78, 5) is 41.2. The van der Waals surface area contributed by atoms with Gasteiger partial charge in [0.05, 0.1) is 163 Å². The summed E-state index contributed by atoms with van der Waals surface area (Å²) in [6.45, 7) is 8.23. The van der Waals surface area contributed by atoms with Crippen LogP contribution >= 0.6 is 0 Å². The molecule has 0 aromatic heterocycles. The second-order valence-electron chi connectivity index (χ2n) is 19.4. The first kappa shape index (κ1) is 78.1. The van der Waals surface area contributed by atoms with E-state index in [0.717, 1.165) is 5.56 Å². The number of nitrogens with zero attached hydrogens (tertiary/aromatic N) is 3. The number of hydrogen-bond donors (Lipinski definition) is 0. The van der Waals surface area contributed by atoms with Crippen LogP contribution in [0.25, 0.3) is 17.4 Å². The molecule has 1 aliphatic carbocycles. The van der Waals surface area contributed by atoms with E-state index in [0.29, 0.717) is 98.1 Å². The van der Waals surface area contributed by atoms with Crippen molar-refractivity contribution in [1.29, 1.82) is 0 Å². The summed E-state index contributed by atoms with van der Waals surface area (Å²) >= 11 is 0. The van der Waals surface area contributed by atoms with Crippen LogP contribution in [-0.2, 0) is 102 Å². The van der Waals surface area contributed by atoms with Crippen molar-refractivity contribution in [3.05, 3.63) is 83.1 Å². The number of ether oxygens (including phenoxy) is 10. The Hall–Kier alpha value is -3.13. The van der Waals surface area contributed by atoms with Crippen LogP contribution in [0.4, 0.5) is 5.69 Å². The Balaban J connectivity index is 0.00000990. The van der Waals surface area contributed by atoms with Crippen molar-refractivity contribution in [2.45, 2.75) is 55.8 Å². The van der Waals surface area contributed by atoms with Crippen molar-refractivity contribution in [2.75, 3.05) is 169 Å². The molecule has 0 bridgehead atoms. The molecule has 2 amide bonds. The van der Waals surface area contributed by atoms with Gasteiger partial charge in [0.2, 0.25) is 5.36 Å². The molecular weight excluding hydrogens is 1230 g/mol. The molecule has 1 unspecified atom stereocenters. The van der Waals surface area contributed by atoms with E-state index < -0.39 is 70.0 Å². The minimum atomic E-state index is -4.91. The number of allylic oxidation sites excluding steroid dienone is 3. The first-order valence-electron chi connectivity index (χ1n) is 27.7. The minimum Gasteiger partial charge on any atom is -0.748 e. The number of amides is 2. The van der Waals surface area contributed by atoms with Crippen molar-refractivity contribution in [3.63, 3.8) is 0 Å². The third-order valence-electron chi connectivity index (χ3n) is 13.2. The van der Waals surface area contributed by atoms with Crippen LogP contribution in [0.1, 0.15) is 56.6 Å². The molecule has 1 atom stereocenters. The number of fused-ring (bicyclic) bond motifs is 2. The average Bonchev–Trinajstić information content (AvgIpc) is 1.66. The molecule has 0 spiro atoms. The molecular formula is C55H77N3Na2O24S3. The van der Waals surface area contributed by atoms with Gasteiger partial charge in [-0.3, -0.25) is 9.59 Å². The summed E-state index contributed by atoms with van der Waals surface area (Å²) in [5.41, 5.74) is 1.91. The smallest absolute Gasteiger partial charge is 0.748 e. The molecule has 0 saturated carbocycles. The van der Waals surface area contributed by atoms with E-state index >= 15 is 0 Å². The Kier molecular flexibility index (Phi) is 37.1. The molecule has 1 saturated heterocycles. The first-order valence-corrected chi connectivity index (χ1v) is 32.2. The molecule has 3 aliphatic heterocycles. The van der Waals surface area contributed by atoms with Crippen LogP contribution in [0.15, 0.2) is 75.9 Å². The molecule has 32 heteroatoms. The van der Waals surface area contributed by atoms with Gasteiger partial charge in [0, 0.05) is 72.9 Å². The van der Waals surface area contributed by atoms with Gasteiger partial charge in [-0.05, 0) is 67.3 Å². The topological polar surface area (TPSA) is 347 Å². The zero-order valence-electron chi connectivity index (χ0n) is 49.9.